The highest BCUT2D eigenvalue weighted by Crippen LogP contribution is 2.31. The van der Waals surface area contributed by atoms with Crippen molar-refractivity contribution in [1.82, 2.24) is 4.98 Å². The highest BCUT2D eigenvalue weighted by Gasteiger charge is 2.30. The maximum absolute atomic E-state index is 11.9. The zero-order valence-corrected chi connectivity index (χ0v) is 13.1. The van der Waals surface area contributed by atoms with Gasteiger partial charge in [-0.3, -0.25) is 14.5 Å². The van der Waals surface area contributed by atoms with Crippen LogP contribution in [0.4, 0.5) is 5.82 Å². The molecule has 1 aromatic heterocycles. The van der Waals surface area contributed by atoms with E-state index in [1.807, 2.05) is 0 Å². The third-order valence-electron chi connectivity index (χ3n) is 2.41. The number of amides is 1. The van der Waals surface area contributed by atoms with Gasteiger partial charge in [0.25, 0.3) is 5.91 Å². The van der Waals surface area contributed by atoms with Gasteiger partial charge in [0.15, 0.2) is 18.2 Å². The number of aromatic nitrogens is 1. The molecule has 0 spiro atoms. The van der Waals surface area contributed by atoms with E-state index < -0.39 is 11.6 Å². The number of carbonyl (C=O) groups is 2. The third kappa shape index (κ3) is 3.47. The first-order valence-corrected chi connectivity index (χ1v) is 6.86. The van der Waals surface area contributed by atoms with Gasteiger partial charge in [0, 0.05) is 10.7 Å². The minimum Gasteiger partial charge on any atom is -0.480 e. The lowest BCUT2D eigenvalue weighted by atomic mass is 10.2. The Labute approximate surface area is 125 Å². The number of ether oxygens (including phenoxy) is 2. The van der Waals surface area contributed by atoms with Gasteiger partial charge in [-0.15, -0.1) is 0 Å². The van der Waals surface area contributed by atoms with Crippen molar-refractivity contribution in [2.45, 2.75) is 26.4 Å². The van der Waals surface area contributed by atoms with Crippen molar-refractivity contribution >= 4 is 33.6 Å². The molecule has 0 saturated heterocycles. The lowest BCUT2D eigenvalue weighted by molar-refractivity contribution is -0.153. The number of pyridine rings is 1. The van der Waals surface area contributed by atoms with Gasteiger partial charge in [-0.25, -0.2) is 4.98 Å². The van der Waals surface area contributed by atoms with Crippen LogP contribution in [-0.4, -0.2) is 35.6 Å². The Morgan fingerprint density at radius 2 is 2.25 bits per heavy atom. The molecule has 108 valence electrons. The molecule has 0 N–H and O–H groups in total. The van der Waals surface area contributed by atoms with Gasteiger partial charge in [-0.2, -0.15) is 0 Å². The summed E-state index contributed by atoms with van der Waals surface area (Å²) in [6.45, 7) is 5.02. The summed E-state index contributed by atoms with van der Waals surface area (Å²) in [4.78, 5) is 29.1. The first kappa shape index (κ1) is 14.8. The summed E-state index contributed by atoms with van der Waals surface area (Å²) in [5.74, 6) is -0.0144. The molecule has 7 heteroatoms. The van der Waals surface area contributed by atoms with Crippen molar-refractivity contribution in [1.29, 1.82) is 0 Å². The lowest BCUT2D eigenvalue weighted by Gasteiger charge is -2.28. The Balaban J connectivity index is 2.20. The van der Waals surface area contributed by atoms with Crippen LogP contribution in [0.15, 0.2) is 16.7 Å². The first-order valence-electron chi connectivity index (χ1n) is 6.07. The second-order valence-corrected chi connectivity index (χ2v) is 6.25. The zero-order valence-electron chi connectivity index (χ0n) is 11.5. The quantitative estimate of drug-likeness (QED) is 0.768. The Bertz CT molecular complexity index is 554. The Morgan fingerprint density at radius 3 is 2.90 bits per heavy atom. The molecule has 0 radical (unpaired) electrons. The molecule has 20 heavy (non-hydrogen) atoms. The molecule has 6 nitrogen and oxygen atoms in total. The summed E-state index contributed by atoms with van der Waals surface area (Å²) in [5.41, 5.74) is -0.595. The predicted molar refractivity (Wildman–Crippen MR) is 75.6 cm³/mol. The van der Waals surface area contributed by atoms with Gasteiger partial charge in [0.05, 0.1) is 0 Å². The van der Waals surface area contributed by atoms with Crippen LogP contribution in [-0.2, 0) is 14.3 Å². The number of esters is 1. The van der Waals surface area contributed by atoms with Crippen LogP contribution in [0, 0.1) is 0 Å². The molecule has 0 atom stereocenters. The highest BCUT2D eigenvalue weighted by molar-refractivity contribution is 9.10. The molecule has 0 aliphatic carbocycles. The first-order chi connectivity index (χ1) is 9.26. The van der Waals surface area contributed by atoms with Crippen molar-refractivity contribution in [3.8, 4) is 5.75 Å². The molecule has 2 heterocycles. The summed E-state index contributed by atoms with van der Waals surface area (Å²) in [7, 11) is 0. The number of nitrogens with zero attached hydrogens (tertiary/aromatic N) is 2. The van der Waals surface area contributed by atoms with Gasteiger partial charge >= 0.3 is 5.97 Å². The monoisotopic (exact) mass is 342 g/mol. The van der Waals surface area contributed by atoms with Crippen LogP contribution in [0.3, 0.4) is 0 Å². The maximum Gasteiger partial charge on any atom is 0.326 e. The van der Waals surface area contributed by atoms with Crippen molar-refractivity contribution in [3.63, 3.8) is 0 Å². The van der Waals surface area contributed by atoms with Crippen LogP contribution in [0.5, 0.6) is 5.75 Å². The van der Waals surface area contributed by atoms with Crippen molar-refractivity contribution in [2.24, 2.45) is 0 Å². The zero-order chi connectivity index (χ0) is 14.9. The van der Waals surface area contributed by atoms with Crippen molar-refractivity contribution in [3.05, 3.63) is 16.7 Å². The molecular formula is C13H15BrN2O4. The molecule has 1 aromatic rings. The molecule has 2 rings (SSSR count). The number of hydrogen-bond donors (Lipinski definition) is 0. The fourth-order valence-electron chi connectivity index (χ4n) is 1.72. The minimum absolute atomic E-state index is 0.117. The maximum atomic E-state index is 11.9. The molecule has 0 fully saturated rings. The largest absolute Gasteiger partial charge is 0.480 e. The Morgan fingerprint density at radius 1 is 1.55 bits per heavy atom. The fraction of sp³-hybridized carbons (Fsp3) is 0.462. The van der Waals surface area contributed by atoms with E-state index in [0.717, 1.165) is 4.47 Å². The molecule has 0 aromatic carbocycles. The number of hydrogen-bond acceptors (Lipinski definition) is 5. The van der Waals surface area contributed by atoms with Crippen LogP contribution < -0.4 is 9.64 Å². The molecule has 0 bridgehead atoms. The van der Waals surface area contributed by atoms with E-state index in [9.17, 15) is 9.59 Å². The minimum atomic E-state index is -0.595. The van der Waals surface area contributed by atoms with Gasteiger partial charge < -0.3 is 9.47 Å². The molecular weight excluding hydrogens is 328 g/mol. The summed E-state index contributed by atoms with van der Waals surface area (Å²) in [6.07, 6.45) is 1.54. The Hall–Kier alpha value is -1.63. The molecule has 0 unspecified atom stereocenters. The van der Waals surface area contributed by atoms with Gasteiger partial charge in [-0.05, 0) is 42.8 Å². The molecule has 1 amide bonds. The lowest BCUT2D eigenvalue weighted by Crippen LogP contribution is -2.44. The van der Waals surface area contributed by atoms with Gasteiger partial charge in [-0.1, -0.05) is 0 Å². The summed E-state index contributed by atoms with van der Waals surface area (Å²) in [6, 6.07) is 1.71. The SMILES string of the molecule is CC(C)(C)OC(=O)CN1C(=O)COc2cc(Br)cnc21. The average Bonchev–Trinajstić information content (AvgIpc) is 2.30. The number of halogens is 1. The number of fused-ring (bicyclic) bond motifs is 1. The van der Waals surface area contributed by atoms with Crippen LogP contribution in [0.25, 0.3) is 0 Å². The number of carbonyl (C=O) groups excluding carboxylic acids is 2. The molecule has 0 saturated carbocycles. The third-order valence-corrected chi connectivity index (χ3v) is 2.85. The van der Waals surface area contributed by atoms with E-state index in [4.69, 9.17) is 9.47 Å². The van der Waals surface area contributed by atoms with E-state index in [-0.39, 0.29) is 19.1 Å². The highest BCUT2D eigenvalue weighted by atomic mass is 79.9. The normalized spacial score (nSPS) is 14.6. The van der Waals surface area contributed by atoms with E-state index in [0.29, 0.717) is 11.6 Å². The van der Waals surface area contributed by atoms with E-state index in [1.54, 1.807) is 33.0 Å². The standard InChI is InChI=1S/C13H15BrN2O4/c1-13(2,3)20-11(18)6-16-10(17)7-19-9-4-8(14)5-15-12(9)16/h4-5H,6-7H2,1-3H3. The second-order valence-electron chi connectivity index (χ2n) is 5.33. The topological polar surface area (TPSA) is 68.7 Å². The van der Waals surface area contributed by atoms with E-state index in [2.05, 4.69) is 20.9 Å². The van der Waals surface area contributed by atoms with Crippen LogP contribution in [0.1, 0.15) is 20.8 Å². The summed E-state index contributed by atoms with van der Waals surface area (Å²) >= 11 is 3.28. The average molecular weight is 343 g/mol. The summed E-state index contributed by atoms with van der Waals surface area (Å²) < 4.78 is 11.2. The van der Waals surface area contributed by atoms with Crippen LogP contribution in [0.2, 0.25) is 0 Å². The van der Waals surface area contributed by atoms with E-state index in [1.165, 1.54) is 4.90 Å². The Kier molecular flexibility index (Phi) is 3.99. The van der Waals surface area contributed by atoms with E-state index >= 15 is 0 Å². The smallest absolute Gasteiger partial charge is 0.326 e. The molecule has 1 aliphatic heterocycles. The summed E-state index contributed by atoms with van der Waals surface area (Å²) in [5, 5.41) is 0. The molecule has 1 aliphatic rings. The van der Waals surface area contributed by atoms with Crippen molar-refractivity contribution in [2.75, 3.05) is 18.1 Å². The number of anilines is 1. The number of rotatable bonds is 2. The predicted octanol–water partition coefficient (Wildman–Crippen LogP) is 1.91. The van der Waals surface area contributed by atoms with Gasteiger partial charge in [0.1, 0.15) is 12.1 Å². The van der Waals surface area contributed by atoms with Gasteiger partial charge in [0.2, 0.25) is 0 Å². The van der Waals surface area contributed by atoms with Crippen molar-refractivity contribution < 1.29 is 19.1 Å². The van der Waals surface area contributed by atoms with Crippen LogP contribution >= 0.6 is 15.9 Å². The second kappa shape index (κ2) is 5.40. The fourth-order valence-corrected chi connectivity index (χ4v) is 2.03.